The smallest absolute Gasteiger partial charge is 0.227 e. The van der Waals surface area contributed by atoms with E-state index in [0.717, 1.165) is 6.54 Å². The number of amides is 1. The normalized spacial score (nSPS) is 35.9. The number of carbonyl (C=O) groups is 1. The number of hydrogen-bond donors (Lipinski definition) is 3. The number of hydrogen-bond acceptors (Lipinski definition) is 5. The van der Waals surface area contributed by atoms with Gasteiger partial charge in [0.25, 0.3) is 0 Å². The van der Waals surface area contributed by atoms with Crippen LogP contribution in [0.5, 0.6) is 0 Å². The van der Waals surface area contributed by atoms with E-state index >= 15 is 0 Å². The second-order valence-corrected chi connectivity index (χ2v) is 5.05. The SMILES string of the molecule is CCNC1COCC1C(=O)NCC1(O)CCOC1. The molecule has 0 aromatic rings. The first kappa shape index (κ1) is 13.7. The Bertz CT molecular complexity index is 292. The zero-order chi connectivity index (χ0) is 13.0. The summed E-state index contributed by atoms with van der Waals surface area (Å²) in [6, 6.07) is 0.0736. The quantitative estimate of drug-likeness (QED) is 0.582. The van der Waals surface area contributed by atoms with Crippen molar-refractivity contribution in [1.29, 1.82) is 0 Å². The van der Waals surface area contributed by atoms with E-state index < -0.39 is 5.60 Å². The second-order valence-electron chi connectivity index (χ2n) is 5.05. The van der Waals surface area contributed by atoms with Gasteiger partial charge in [0, 0.05) is 25.6 Å². The van der Waals surface area contributed by atoms with Crippen molar-refractivity contribution in [1.82, 2.24) is 10.6 Å². The van der Waals surface area contributed by atoms with Gasteiger partial charge < -0.3 is 25.2 Å². The van der Waals surface area contributed by atoms with E-state index in [1.54, 1.807) is 0 Å². The van der Waals surface area contributed by atoms with Crippen LogP contribution >= 0.6 is 0 Å². The van der Waals surface area contributed by atoms with Crippen molar-refractivity contribution in [2.75, 3.05) is 39.5 Å². The van der Waals surface area contributed by atoms with Crippen LogP contribution in [0, 0.1) is 5.92 Å². The Morgan fingerprint density at radius 3 is 2.94 bits per heavy atom. The molecule has 18 heavy (non-hydrogen) atoms. The fourth-order valence-electron chi connectivity index (χ4n) is 2.39. The zero-order valence-electron chi connectivity index (χ0n) is 10.8. The number of aliphatic hydroxyl groups is 1. The Morgan fingerprint density at radius 1 is 1.44 bits per heavy atom. The minimum Gasteiger partial charge on any atom is -0.386 e. The van der Waals surface area contributed by atoms with Gasteiger partial charge in [0.05, 0.1) is 25.7 Å². The molecular weight excluding hydrogens is 236 g/mol. The second kappa shape index (κ2) is 5.97. The molecule has 0 spiro atoms. The van der Waals surface area contributed by atoms with Crippen LogP contribution in [0.4, 0.5) is 0 Å². The lowest BCUT2D eigenvalue weighted by atomic mass is 10.0. The maximum absolute atomic E-state index is 12.0. The van der Waals surface area contributed by atoms with Gasteiger partial charge in [0.1, 0.15) is 5.60 Å². The first-order valence-electron chi connectivity index (χ1n) is 6.53. The summed E-state index contributed by atoms with van der Waals surface area (Å²) < 4.78 is 10.5. The molecule has 3 N–H and O–H groups in total. The van der Waals surface area contributed by atoms with E-state index in [1.807, 2.05) is 6.92 Å². The van der Waals surface area contributed by atoms with E-state index in [2.05, 4.69) is 10.6 Å². The largest absolute Gasteiger partial charge is 0.386 e. The average molecular weight is 258 g/mol. The molecule has 6 nitrogen and oxygen atoms in total. The lowest BCUT2D eigenvalue weighted by Crippen LogP contribution is -2.49. The first-order chi connectivity index (χ1) is 8.64. The summed E-state index contributed by atoms with van der Waals surface area (Å²) in [4.78, 5) is 12.0. The molecule has 2 saturated heterocycles. The predicted molar refractivity (Wildman–Crippen MR) is 65.2 cm³/mol. The van der Waals surface area contributed by atoms with Crippen molar-refractivity contribution in [3.63, 3.8) is 0 Å². The van der Waals surface area contributed by atoms with Gasteiger partial charge in [-0.05, 0) is 6.54 Å². The standard InChI is InChI=1S/C12H22N2O4/c1-2-13-10-6-18-5-9(10)11(15)14-7-12(16)3-4-17-8-12/h9-10,13,16H,2-8H2,1H3,(H,14,15). The van der Waals surface area contributed by atoms with Gasteiger partial charge in [0.15, 0.2) is 0 Å². The van der Waals surface area contributed by atoms with Crippen LogP contribution in [0.2, 0.25) is 0 Å². The third-order valence-electron chi connectivity index (χ3n) is 3.56. The fourth-order valence-corrected chi connectivity index (χ4v) is 2.39. The molecule has 6 heteroatoms. The number of likely N-dealkylation sites (N-methyl/N-ethyl adjacent to an activating group) is 1. The molecule has 2 aliphatic rings. The molecule has 3 unspecified atom stereocenters. The Hall–Kier alpha value is -0.690. The molecule has 3 atom stereocenters. The van der Waals surface area contributed by atoms with Gasteiger partial charge >= 0.3 is 0 Å². The molecule has 2 heterocycles. The Balaban J connectivity index is 1.80. The maximum Gasteiger partial charge on any atom is 0.227 e. The third kappa shape index (κ3) is 3.20. The first-order valence-corrected chi connectivity index (χ1v) is 6.53. The van der Waals surface area contributed by atoms with E-state index in [4.69, 9.17) is 9.47 Å². The van der Waals surface area contributed by atoms with Crippen molar-refractivity contribution in [2.45, 2.75) is 25.0 Å². The van der Waals surface area contributed by atoms with E-state index in [1.165, 1.54) is 0 Å². The molecule has 0 aliphatic carbocycles. The Morgan fingerprint density at radius 2 is 2.28 bits per heavy atom. The maximum atomic E-state index is 12.0. The Kier molecular flexibility index (Phi) is 4.55. The number of nitrogens with one attached hydrogen (secondary N) is 2. The number of ether oxygens (including phenoxy) is 2. The molecule has 0 bridgehead atoms. The average Bonchev–Trinajstić information content (AvgIpc) is 2.97. The van der Waals surface area contributed by atoms with Crippen LogP contribution in [-0.2, 0) is 14.3 Å². The summed E-state index contributed by atoms with van der Waals surface area (Å²) in [6.45, 7) is 4.93. The molecule has 0 radical (unpaired) electrons. The van der Waals surface area contributed by atoms with Gasteiger partial charge in [-0.2, -0.15) is 0 Å². The summed E-state index contributed by atoms with van der Waals surface area (Å²) in [5, 5.41) is 16.1. The van der Waals surface area contributed by atoms with Crippen LogP contribution < -0.4 is 10.6 Å². The van der Waals surface area contributed by atoms with E-state index in [0.29, 0.717) is 32.8 Å². The molecule has 1 amide bonds. The van der Waals surface area contributed by atoms with E-state index in [-0.39, 0.29) is 24.4 Å². The third-order valence-corrected chi connectivity index (χ3v) is 3.56. The van der Waals surface area contributed by atoms with Crippen molar-refractivity contribution >= 4 is 5.91 Å². The predicted octanol–water partition coefficient (Wildman–Crippen LogP) is -1.12. The molecule has 0 aromatic carbocycles. The highest BCUT2D eigenvalue weighted by atomic mass is 16.5. The topological polar surface area (TPSA) is 79.8 Å². The molecule has 2 rings (SSSR count). The Labute approximate surface area is 107 Å². The minimum atomic E-state index is -0.900. The van der Waals surface area contributed by atoms with Crippen LogP contribution in [0.15, 0.2) is 0 Å². The van der Waals surface area contributed by atoms with Crippen LogP contribution in [0.1, 0.15) is 13.3 Å². The highest BCUT2D eigenvalue weighted by molar-refractivity contribution is 5.80. The molecule has 0 saturated carbocycles. The summed E-state index contributed by atoms with van der Waals surface area (Å²) in [5.74, 6) is -0.227. The van der Waals surface area contributed by atoms with Crippen molar-refractivity contribution < 1.29 is 19.4 Å². The molecule has 2 fully saturated rings. The van der Waals surface area contributed by atoms with Crippen LogP contribution in [0.3, 0.4) is 0 Å². The van der Waals surface area contributed by atoms with Gasteiger partial charge in [-0.3, -0.25) is 4.79 Å². The monoisotopic (exact) mass is 258 g/mol. The van der Waals surface area contributed by atoms with Gasteiger partial charge in [-0.15, -0.1) is 0 Å². The number of rotatable bonds is 5. The van der Waals surface area contributed by atoms with Crippen molar-refractivity contribution in [3.05, 3.63) is 0 Å². The van der Waals surface area contributed by atoms with Gasteiger partial charge in [-0.25, -0.2) is 0 Å². The van der Waals surface area contributed by atoms with Crippen LogP contribution in [-0.4, -0.2) is 62.2 Å². The minimum absolute atomic E-state index is 0.0567. The lowest BCUT2D eigenvalue weighted by Gasteiger charge is -2.23. The molecule has 2 aliphatic heterocycles. The summed E-state index contributed by atoms with van der Waals surface area (Å²) >= 11 is 0. The zero-order valence-corrected chi connectivity index (χ0v) is 10.8. The van der Waals surface area contributed by atoms with Crippen LogP contribution in [0.25, 0.3) is 0 Å². The highest BCUT2D eigenvalue weighted by Gasteiger charge is 2.36. The van der Waals surface area contributed by atoms with Crippen molar-refractivity contribution in [3.8, 4) is 0 Å². The molecule has 104 valence electrons. The van der Waals surface area contributed by atoms with Gasteiger partial charge in [0.2, 0.25) is 5.91 Å². The summed E-state index contributed by atoms with van der Waals surface area (Å²) in [5.41, 5.74) is -0.900. The molecular formula is C12H22N2O4. The van der Waals surface area contributed by atoms with Crippen molar-refractivity contribution in [2.24, 2.45) is 5.92 Å². The highest BCUT2D eigenvalue weighted by Crippen LogP contribution is 2.18. The number of carbonyl (C=O) groups excluding carboxylic acids is 1. The molecule has 0 aromatic heterocycles. The summed E-state index contributed by atoms with van der Waals surface area (Å²) in [6.07, 6.45) is 0.574. The summed E-state index contributed by atoms with van der Waals surface area (Å²) in [7, 11) is 0. The fraction of sp³-hybridized carbons (Fsp3) is 0.917. The van der Waals surface area contributed by atoms with E-state index in [9.17, 15) is 9.90 Å². The van der Waals surface area contributed by atoms with Gasteiger partial charge in [-0.1, -0.05) is 6.92 Å². The lowest BCUT2D eigenvalue weighted by molar-refractivity contribution is -0.126.